The molecule has 4 heteroatoms. The van der Waals surface area contributed by atoms with Crippen molar-refractivity contribution in [1.82, 2.24) is 10.2 Å². The molecule has 0 unspecified atom stereocenters. The third-order valence-corrected chi connectivity index (χ3v) is 6.17. The number of nitrogens with one attached hydrogen (secondary N) is 1. The maximum atomic E-state index is 11.5. The van der Waals surface area contributed by atoms with E-state index in [1.165, 1.54) is 36.4 Å². The van der Waals surface area contributed by atoms with Crippen molar-refractivity contribution in [2.24, 2.45) is 0 Å². The van der Waals surface area contributed by atoms with Gasteiger partial charge in [-0.3, -0.25) is 4.79 Å². The Kier molecular flexibility index (Phi) is 5.42. The first-order valence-corrected chi connectivity index (χ1v) is 9.33. The molecule has 0 aliphatic carbocycles. The molecule has 22 heavy (non-hydrogen) atoms. The van der Waals surface area contributed by atoms with E-state index < -0.39 is 0 Å². The van der Waals surface area contributed by atoms with Crippen molar-refractivity contribution in [3.8, 4) is 0 Å². The number of rotatable bonds is 3. The lowest BCUT2D eigenvalue weighted by molar-refractivity contribution is -0.120. The molecule has 0 saturated carbocycles. The SMILES string of the molecule is Cc1ccc(SC2CCN([C@@H]3CCNC(=O)CC3)CC2)cc1. The predicted molar refractivity (Wildman–Crippen MR) is 92.3 cm³/mol. The molecule has 1 N–H and O–H groups in total. The van der Waals surface area contributed by atoms with Crippen molar-refractivity contribution in [2.75, 3.05) is 19.6 Å². The van der Waals surface area contributed by atoms with E-state index in [1.807, 2.05) is 11.8 Å². The zero-order valence-corrected chi connectivity index (χ0v) is 14.2. The molecule has 1 amide bonds. The third kappa shape index (κ3) is 4.26. The minimum Gasteiger partial charge on any atom is -0.356 e. The zero-order chi connectivity index (χ0) is 15.4. The van der Waals surface area contributed by atoms with Crippen molar-refractivity contribution in [3.05, 3.63) is 29.8 Å². The summed E-state index contributed by atoms with van der Waals surface area (Å²) >= 11 is 2.03. The van der Waals surface area contributed by atoms with Crippen molar-refractivity contribution < 1.29 is 4.79 Å². The number of aryl methyl sites for hydroxylation is 1. The molecule has 2 fully saturated rings. The molecule has 2 aliphatic rings. The molecule has 0 spiro atoms. The highest BCUT2D eigenvalue weighted by Gasteiger charge is 2.27. The Bertz CT molecular complexity index is 494. The molecule has 0 aromatic heterocycles. The van der Waals surface area contributed by atoms with E-state index in [0.717, 1.165) is 24.6 Å². The lowest BCUT2D eigenvalue weighted by Gasteiger charge is -2.37. The fourth-order valence-corrected chi connectivity index (χ4v) is 4.57. The summed E-state index contributed by atoms with van der Waals surface area (Å²) in [5.74, 6) is 0.229. The van der Waals surface area contributed by atoms with E-state index in [-0.39, 0.29) is 5.91 Å². The summed E-state index contributed by atoms with van der Waals surface area (Å²) in [5, 5.41) is 3.73. The van der Waals surface area contributed by atoms with Crippen molar-refractivity contribution >= 4 is 17.7 Å². The first-order chi connectivity index (χ1) is 10.7. The molecule has 1 aromatic rings. The molecule has 0 radical (unpaired) electrons. The van der Waals surface area contributed by atoms with E-state index in [9.17, 15) is 4.79 Å². The third-order valence-electron chi connectivity index (χ3n) is 4.82. The van der Waals surface area contributed by atoms with Crippen LogP contribution in [-0.2, 0) is 4.79 Å². The van der Waals surface area contributed by atoms with E-state index in [4.69, 9.17) is 0 Å². The Balaban J connectivity index is 1.47. The quantitative estimate of drug-likeness (QED) is 0.929. The molecule has 2 aliphatic heterocycles. The lowest BCUT2D eigenvalue weighted by atomic mass is 10.0. The van der Waals surface area contributed by atoms with Crippen LogP contribution in [0.25, 0.3) is 0 Å². The summed E-state index contributed by atoms with van der Waals surface area (Å²) in [6.07, 6.45) is 5.36. The van der Waals surface area contributed by atoms with Gasteiger partial charge in [0.25, 0.3) is 0 Å². The summed E-state index contributed by atoms with van der Waals surface area (Å²) in [6.45, 7) is 5.35. The molecule has 1 aromatic carbocycles. The first-order valence-electron chi connectivity index (χ1n) is 8.45. The average Bonchev–Trinajstić information content (AvgIpc) is 2.75. The van der Waals surface area contributed by atoms with Crippen LogP contribution in [0.5, 0.6) is 0 Å². The minimum atomic E-state index is 0.229. The number of carbonyl (C=O) groups excluding carboxylic acids is 1. The summed E-state index contributed by atoms with van der Waals surface area (Å²) in [5.41, 5.74) is 1.33. The van der Waals surface area contributed by atoms with Crippen LogP contribution in [-0.4, -0.2) is 41.7 Å². The normalized spacial score (nSPS) is 24.8. The second kappa shape index (κ2) is 7.51. The van der Waals surface area contributed by atoms with Gasteiger partial charge in [0.15, 0.2) is 0 Å². The van der Waals surface area contributed by atoms with E-state index in [2.05, 4.69) is 41.4 Å². The van der Waals surface area contributed by atoms with Crippen LogP contribution >= 0.6 is 11.8 Å². The van der Waals surface area contributed by atoms with E-state index in [0.29, 0.717) is 12.5 Å². The molecule has 1 atom stereocenters. The van der Waals surface area contributed by atoms with Crippen LogP contribution in [0.2, 0.25) is 0 Å². The highest BCUT2D eigenvalue weighted by atomic mass is 32.2. The number of amides is 1. The van der Waals surface area contributed by atoms with Gasteiger partial charge in [-0.1, -0.05) is 17.7 Å². The number of carbonyl (C=O) groups is 1. The monoisotopic (exact) mass is 318 g/mol. The Morgan fingerprint density at radius 3 is 2.55 bits per heavy atom. The standard InChI is InChI=1S/C18H26N2OS/c1-14-2-5-16(6-3-14)22-17-9-12-20(13-10-17)15-4-7-18(21)19-11-8-15/h2-3,5-6,15,17H,4,7-13H2,1H3,(H,19,21)/t15-/m0/s1. The van der Waals surface area contributed by atoms with Crippen LogP contribution in [0.3, 0.4) is 0 Å². The first kappa shape index (κ1) is 15.9. The van der Waals surface area contributed by atoms with Gasteiger partial charge >= 0.3 is 0 Å². The van der Waals surface area contributed by atoms with Crippen LogP contribution in [0.1, 0.15) is 37.7 Å². The molecule has 120 valence electrons. The topological polar surface area (TPSA) is 32.3 Å². The smallest absolute Gasteiger partial charge is 0.220 e. The Hall–Kier alpha value is -1.00. The van der Waals surface area contributed by atoms with E-state index >= 15 is 0 Å². The minimum absolute atomic E-state index is 0.229. The van der Waals surface area contributed by atoms with Gasteiger partial charge in [-0.2, -0.15) is 0 Å². The van der Waals surface area contributed by atoms with Crippen LogP contribution in [0.15, 0.2) is 29.2 Å². The van der Waals surface area contributed by atoms with Gasteiger partial charge in [-0.05, 0) is 57.8 Å². The second-order valence-electron chi connectivity index (χ2n) is 6.50. The molecule has 3 nitrogen and oxygen atoms in total. The lowest BCUT2D eigenvalue weighted by Crippen LogP contribution is -2.42. The fourth-order valence-electron chi connectivity index (χ4n) is 3.44. The highest BCUT2D eigenvalue weighted by Crippen LogP contribution is 2.31. The number of nitrogens with zero attached hydrogens (tertiary/aromatic N) is 1. The van der Waals surface area contributed by atoms with Crippen molar-refractivity contribution in [1.29, 1.82) is 0 Å². The molecule has 3 rings (SSSR count). The number of thioether (sulfide) groups is 1. The van der Waals surface area contributed by atoms with Crippen molar-refractivity contribution in [3.63, 3.8) is 0 Å². The average molecular weight is 318 g/mol. The number of benzene rings is 1. The predicted octanol–water partition coefficient (Wildman–Crippen LogP) is 3.22. The Morgan fingerprint density at radius 2 is 1.82 bits per heavy atom. The summed E-state index contributed by atoms with van der Waals surface area (Å²) < 4.78 is 0. The van der Waals surface area contributed by atoms with E-state index in [1.54, 1.807) is 0 Å². The van der Waals surface area contributed by atoms with Gasteiger partial charge < -0.3 is 10.2 Å². The van der Waals surface area contributed by atoms with Gasteiger partial charge in [-0.25, -0.2) is 0 Å². The summed E-state index contributed by atoms with van der Waals surface area (Å²) in [7, 11) is 0. The summed E-state index contributed by atoms with van der Waals surface area (Å²) in [4.78, 5) is 15.5. The number of piperidine rings is 1. The molecule has 0 bridgehead atoms. The van der Waals surface area contributed by atoms with Crippen LogP contribution in [0.4, 0.5) is 0 Å². The highest BCUT2D eigenvalue weighted by molar-refractivity contribution is 8.00. The van der Waals surface area contributed by atoms with Crippen molar-refractivity contribution in [2.45, 2.75) is 55.2 Å². The molecular weight excluding hydrogens is 292 g/mol. The Morgan fingerprint density at radius 1 is 1.09 bits per heavy atom. The van der Waals surface area contributed by atoms with Gasteiger partial charge in [0.2, 0.25) is 5.91 Å². The molecule has 2 heterocycles. The van der Waals surface area contributed by atoms with Crippen LogP contribution in [0, 0.1) is 6.92 Å². The number of hydrogen-bond acceptors (Lipinski definition) is 3. The van der Waals surface area contributed by atoms with Gasteiger partial charge in [0.1, 0.15) is 0 Å². The maximum Gasteiger partial charge on any atom is 0.220 e. The van der Waals surface area contributed by atoms with Gasteiger partial charge in [0.05, 0.1) is 0 Å². The fraction of sp³-hybridized carbons (Fsp3) is 0.611. The largest absolute Gasteiger partial charge is 0.356 e. The molecular formula is C18H26N2OS. The zero-order valence-electron chi connectivity index (χ0n) is 13.4. The summed E-state index contributed by atoms with van der Waals surface area (Å²) in [6, 6.07) is 9.49. The Labute approximate surface area is 137 Å². The molecule has 2 saturated heterocycles. The van der Waals surface area contributed by atoms with Gasteiger partial charge in [-0.15, -0.1) is 11.8 Å². The van der Waals surface area contributed by atoms with Gasteiger partial charge in [0, 0.05) is 29.2 Å². The second-order valence-corrected chi connectivity index (χ2v) is 7.87. The van der Waals surface area contributed by atoms with Crippen LogP contribution < -0.4 is 5.32 Å². The maximum absolute atomic E-state index is 11.5. The number of hydrogen-bond donors (Lipinski definition) is 1. The number of likely N-dealkylation sites (tertiary alicyclic amines) is 1.